The third-order valence-electron chi connectivity index (χ3n) is 2.77. The number of hydrogen-bond acceptors (Lipinski definition) is 2. The Labute approximate surface area is 102 Å². The molecular weight excluding hydrogens is 212 g/mol. The molecule has 1 heterocycles. The molecule has 2 N–H and O–H groups in total. The lowest BCUT2D eigenvalue weighted by molar-refractivity contribution is 0.220. The molecule has 0 radical (unpaired) electrons. The Morgan fingerprint density at radius 2 is 1.88 bits per heavy atom. The molecule has 0 spiro atoms. The zero-order valence-electron chi connectivity index (χ0n) is 10.2. The molecule has 0 aliphatic heterocycles. The van der Waals surface area contributed by atoms with Crippen LogP contribution in [0, 0.1) is 5.92 Å². The number of hydrogen-bond donors (Lipinski definition) is 2. The van der Waals surface area contributed by atoms with E-state index in [-0.39, 0.29) is 0 Å². The van der Waals surface area contributed by atoms with Crippen molar-refractivity contribution in [3.63, 3.8) is 0 Å². The topological polar surface area (TPSA) is 48.9 Å². The highest BCUT2D eigenvalue weighted by atomic mass is 16.3. The molecule has 0 fully saturated rings. The van der Waals surface area contributed by atoms with Crippen LogP contribution in [-0.2, 0) is 6.42 Å². The third-order valence-corrected chi connectivity index (χ3v) is 2.77. The highest BCUT2D eigenvalue weighted by Gasteiger charge is 2.11. The number of nitrogens with one attached hydrogen (secondary N) is 1. The SMILES string of the molecule is CC(C)Cc1ccc(C(O)c2cn[nH]c2)cc1. The summed E-state index contributed by atoms with van der Waals surface area (Å²) in [6, 6.07) is 8.13. The second-order valence-electron chi connectivity index (χ2n) is 4.77. The summed E-state index contributed by atoms with van der Waals surface area (Å²) in [5.74, 6) is 0.652. The van der Waals surface area contributed by atoms with Gasteiger partial charge in [0, 0.05) is 11.8 Å². The van der Waals surface area contributed by atoms with Crippen LogP contribution in [0.1, 0.15) is 36.6 Å². The maximum atomic E-state index is 10.1. The average Bonchev–Trinajstić information content (AvgIpc) is 2.82. The van der Waals surface area contributed by atoms with Gasteiger partial charge < -0.3 is 5.11 Å². The van der Waals surface area contributed by atoms with Crippen LogP contribution in [0.25, 0.3) is 0 Å². The van der Waals surface area contributed by atoms with Gasteiger partial charge in [-0.15, -0.1) is 0 Å². The first-order chi connectivity index (χ1) is 8.16. The van der Waals surface area contributed by atoms with Gasteiger partial charge in [-0.05, 0) is 23.5 Å². The standard InChI is InChI=1S/C14H18N2O/c1-10(2)7-11-3-5-12(6-4-11)14(17)13-8-15-16-9-13/h3-6,8-10,14,17H,7H2,1-2H3,(H,15,16). The molecule has 2 rings (SSSR count). The molecule has 1 aromatic heterocycles. The first-order valence-electron chi connectivity index (χ1n) is 5.92. The molecule has 3 heteroatoms. The molecule has 17 heavy (non-hydrogen) atoms. The van der Waals surface area contributed by atoms with Gasteiger partial charge in [-0.25, -0.2) is 0 Å². The number of nitrogens with zero attached hydrogens (tertiary/aromatic N) is 1. The summed E-state index contributed by atoms with van der Waals surface area (Å²) in [5.41, 5.74) is 3.00. The number of aliphatic hydroxyl groups excluding tert-OH is 1. The Hall–Kier alpha value is -1.61. The summed E-state index contributed by atoms with van der Waals surface area (Å²) in [4.78, 5) is 0. The van der Waals surface area contributed by atoms with Crippen LogP contribution in [0.5, 0.6) is 0 Å². The van der Waals surface area contributed by atoms with Crippen LogP contribution in [0.3, 0.4) is 0 Å². The molecule has 2 aromatic rings. The molecule has 0 aliphatic carbocycles. The van der Waals surface area contributed by atoms with E-state index in [2.05, 4.69) is 36.2 Å². The van der Waals surface area contributed by atoms with Crippen LogP contribution in [0.4, 0.5) is 0 Å². The van der Waals surface area contributed by atoms with Gasteiger partial charge in [0.1, 0.15) is 6.10 Å². The highest BCUT2D eigenvalue weighted by Crippen LogP contribution is 2.21. The van der Waals surface area contributed by atoms with E-state index in [9.17, 15) is 5.11 Å². The quantitative estimate of drug-likeness (QED) is 0.848. The van der Waals surface area contributed by atoms with E-state index in [1.54, 1.807) is 12.4 Å². The zero-order chi connectivity index (χ0) is 12.3. The number of H-pyrrole nitrogens is 1. The van der Waals surface area contributed by atoms with Crippen LogP contribution in [0.2, 0.25) is 0 Å². The van der Waals surface area contributed by atoms with Crippen LogP contribution in [0.15, 0.2) is 36.7 Å². The Bertz CT molecular complexity index is 446. The summed E-state index contributed by atoms with van der Waals surface area (Å²) < 4.78 is 0. The van der Waals surface area contributed by atoms with E-state index in [0.29, 0.717) is 5.92 Å². The highest BCUT2D eigenvalue weighted by molar-refractivity contribution is 5.29. The summed E-state index contributed by atoms with van der Waals surface area (Å²) in [6.07, 6.45) is 3.84. The molecule has 0 amide bonds. The van der Waals surface area contributed by atoms with Gasteiger partial charge in [0.05, 0.1) is 6.20 Å². The van der Waals surface area contributed by atoms with E-state index < -0.39 is 6.10 Å². The summed E-state index contributed by atoms with van der Waals surface area (Å²) in [5, 5.41) is 16.6. The van der Waals surface area contributed by atoms with Crippen molar-refractivity contribution >= 4 is 0 Å². The Morgan fingerprint density at radius 1 is 1.18 bits per heavy atom. The van der Waals surface area contributed by atoms with Crippen molar-refractivity contribution in [1.29, 1.82) is 0 Å². The maximum Gasteiger partial charge on any atom is 0.107 e. The number of benzene rings is 1. The predicted octanol–water partition coefficient (Wildman–Crippen LogP) is 2.69. The van der Waals surface area contributed by atoms with Crippen LogP contribution >= 0.6 is 0 Å². The van der Waals surface area contributed by atoms with Gasteiger partial charge >= 0.3 is 0 Å². The first kappa shape index (κ1) is 11.9. The van der Waals surface area contributed by atoms with Crippen molar-refractivity contribution in [2.75, 3.05) is 0 Å². The second kappa shape index (κ2) is 5.15. The molecule has 1 atom stereocenters. The number of aromatic amines is 1. The lowest BCUT2D eigenvalue weighted by atomic mass is 9.99. The molecule has 0 saturated carbocycles. The molecule has 0 aliphatic rings. The molecular formula is C14H18N2O. The van der Waals surface area contributed by atoms with E-state index in [1.165, 1.54) is 5.56 Å². The van der Waals surface area contributed by atoms with E-state index in [4.69, 9.17) is 0 Å². The lowest BCUT2D eigenvalue weighted by Crippen LogP contribution is -1.99. The molecule has 1 aromatic carbocycles. The van der Waals surface area contributed by atoms with Gasteiger partial charge in [-0.2, -0.15) is 5.10 Å². The number of rotatable bonds is 4. The smallest absolute Gasteiger partial charge is 0.107 e. The summed E-state index contributed by atoms with van der Waals surface area (Å²) in [7, 11) is 0. The van der Waals surface area contributed by atoms with Crippen molar-refractivity contribution < 1.29 is 5.11 Å². The number of aromatic nitrogens is 2. The minimum atomic E-state index is -0.596. The Kier molecular flexibility index (Phi) is 3.59. The van der Waals surface area contributed by atoms with Gasteiger partial charge in [0.25, 0.3) is 0 Å². The van der Waals surface area contributed by atoms with Crippen LogP contribution < -0.4 is 0 Å². The second-order valence-corrected chi connectivity index (χ2v) is 4.77. The van der Waals surface area contributed by atoms with Crippen LogP contribution in [-0.4, -0.2) is 15.3 Å². The molecule has 3 nitrogen and oxygen atoms in total. The third kappa shape index (κ3) is 2.94. The fourth-order valence-electron chi connectivity index (χ4n) is 1.91. The van der Waals surface area contributed by atoms with Gasteiger partial charge in [-0.1, -0.05) is 38.1 Å². The average molecular weight is 230 g/mol. The van der Waals surface area contributed by atoms with Gasteiger partial charge in [0.2, 0.25) is 0 Å². The molecule has 0 saturated heterocycles. The fourth-order valence-corrected chi connectivity index (χ4v) is 1.91. The lowest BCUT2D eigenvalue weighted by Gasteiger charge is -2.10. The summed E-state index contributed by atoms with van der Waals surface area (Å²) >= 11 is 0. The van der Waals surface area contributed by atoms with Gasteiger partial charge in [-0.3, -0.25) is 5.10 Å². The number of aliphatic hydroxyl groups is 1. The fraction of sp³-hybridized carbons (Fsp3) is 0.357. The maximum absolute atomic E-state index is 10.1. The van der Waals surface area contributed by atoms with E-state index in [1.807, 2.05) is 12.1 Å². The van der Waals surface area contributed by atoms with Crippen molar-refractivity contribution in [2.45, 2.75) is 26.4 Å². The zero-order valence-corrected chi connectivity index (χ0v) is 10.2. The predicted molar refractivity (Wildman–Crippen MR) is 67.6 cm³/mol. The minimum Gasteiger partial charge on any atom is -0.384 e. The molecule has 0 bridgehead atoms. The van der Waals surface area contributed by atoms with E-state index >= 15 is 0 Å². The molecule has 90 valence electrons. The summed E-state index contributed by atoms with van der Waals surface area (Å²) in [6.45, 7) is 4.41. The largest absolute Gasteiger partial charge is 0.384 e. The Morgan fingerprint density at radius 3 is 2.41 bits per heavy atom. The van der Waals surface area contributed by atoms with Gasteiger partial charge in [0.15, 0.2) is 0 Å². The normalized spacial score (nSPS) is 12.9. The minimum absolute atomic E-state index is 0.596. The van der Waals surface area contributed by atoms with Crippen molar-refractivity contribution in [1.82, 2.24) is 10.2 Å². The van der Waals surface area contributed by atoms with E-state index in [0.717, 1.165) is 17.5 Å². The van der Waals surface area contributed by atoms with Crippen molar-refractivity contribution in [3.05, 3.63) is 53.3 Å². The first-order valence-corrected chi connectivity index (χ1v) is 5.92. The van der Waals surface area contributed by atoms with Crippen molar-refractivity contribution in [2.24, 2.45) is 5.92 Å². The van der Waals surface area contributed by atoms with Crippen molar-refractivity contribution in [3.8, 4) is 0 Å². The monoisotopic (exact) mass is 230 g/mol. The Balaban J connectivity index is 2.12. The molecule has 1 unspecified atom stereocenters.